The molecule has 0 saturated carbocycles. The third kappa shape index (κ3) is 4.16. The first-order valence-corrected chi connectivity index (χ1v) is 10.6. The molecule has 3 heterocycles. The fourth-order valence-electron chi connectivity index (χ4n) is 3.91. The van der Waals surface area contributed by atoms with Gasteiger partial charge in [-0.05, 0) is 57.4 Å². The maximum Gasteiger partial charge on any atom is 0.261 e. The van der Waals surface area contributed by atoms with Crippen molar-refractivity contribution in [3.05, 3.63) is 86.9 Å². The molecule has 1 aliphatic rings. The number of H-pyrrole nitrogens is 1. The van der Waals surface area contributed by atoms with E-state index in [0.29, 0.717) is 35.7 Å². The molecule has 3 aromatic rings. The van der Waals surface area contributed by atoms with Crippen LogP contribution in [0.25, 0.3) is 0 Å². The summed E-state index contributed by atoms with van der Waals surface area (Å²) >= 11 is 0. The second kappa shape index (κ2) is 8.74. The quantitative estimate of drug-likeness (QED) is 0.659. The number of carbonyl (C=O) groups is 2. The van der Waals surface area contributed by atoms with Crippen LogP contribution in [0.1, 0.15) is 62.4 Å². The zero-order valence-electron chi connectivity index (χ0n) is 18.3. The van der Waals surface area contributed by atoms with Crippen molar-refractivity contribution in [2.24, 2.45) is 0 Å². The molecule has 2 aromatic heterocycles. The zero-order chi connectivity index (χ0) is 22.8. The van der Waals surface area contributed by atoms with Gasteiger partial charge in [0.25, 0.3) is 17.4 Å². The fourth-order valence-corrected chi connectivity index (χ4v) is 3.91. The molecule has 0 bridgehead atoms. The number of nitrogens with one attached hydrogen (secondary N) is 2. The average Bonchev–Trinajstić information content (AvgIpc) is 3.26. The molecule has 1 aromatic carbocycles. The minimum Gasteiger partial charge on any atom is -0.328 e. The Hall–Kier alpha value is -3.81. The molecule has 32 heavy (non-hydrogen) atoms. The van der Waals surface area contributed by atoms with Gasteiger partial charge in [0.2, 0.25) is 0 Å². The first kappa shape index (κ1) is 21.4. The van der Waals surface area contributed by atoms with E-state index in [1.54, 1.807) is 36.9 Å². The monoisotopic (exact) mass is 431 g/mol. The Morgan fingerprint density at radius 3 is 2.59 bits per heavy atom. The van der Waals surface area contributed by atoms with Crippen molar-refractivity contribution in [2.45, 2.75) is 39.7 Å². The van der Waals surface area contributed by atoms with Crippen LogP contribution < -0.4 is 10.9 Å². The van der Waals surface area contributed by atoms with Crippen molar-refractivity contribution in [3.8, 4) is 0 Å². The molecule has 0 radical (unpaired) electrons. The van der Waals surface area contributed by atoms with E-state index in [-0.39, 0.29) is 23.4 Å². The van der Waals surface area contributed by atoms with Crippen molar-refractivity contribution >= 4 is 17.5 Å². The van der Waals surface area contributed by atoms with Crippen LogP contribution in [-0.4, -0.2) is 38.2 Å². The summed E-state index contributed by atoms with van der Waals surface area (Å²) in [4.78, 5) is 51.5. The predicted molar refractivity (Wildman–Crippen MR) is 121 cm³/mol. The third-order valence-corrected chi connectivity index (χ3v) is 5.81. The summed E-state index contributed by atoms with van der Waals surface area (Å²) in [6.07, 6.45) is 2.99. The molecule has 1 atom stereocenters. The minimum absolute atomic E-state index is 0.121. The Morgan fingerprint density at radius 2 is 1.88 bits per heavy atom. The molecule has 0 unspecified atom stereocenters. The largest absolute Gasteiger partial charge is 0.328 e. The number of benzene rings is 1. The number of hydrogen-bond acceptors (Lipinski definition) is 5. The first-order valence-electron chi connectivity index (χ1n) is 10.6. The Morgan fingerprint density at radius 1 is 1.12 bits per heavy atom. The first-order chi connectivity index (χ1) is 15.3. The van der Waals surface area contributed by atoms with Crippen LogP contribution in [0.4, 0.5) is 5.69 Å². The Bertz CT molecular complexity index is 1240. The van der Waals surface area contributed by atoms with Crippen LogP contribution >= 0.6 is 0 Å². The Kier molecular flexibility index (Phi) is 5.85. The molecule has 2 N–H and O–H groups in total. The second-order valence-electron chi connectivity index (χ2n) is 8.02. The van der Waals surface area contributed by atoms with Gasteiger partial charge >= 0.3 is 0 Å². The summed E-state index contributed by atoms with van der Waals surface area (Å²) in [7, 11) is 0. The SMILES string of the molecule is Cc1cc(C(=O)N2CCC[C@H]2c2ncc(C(=O)Nc3ccccc3)c(C)n2)c(=O)[nH]c1C. The number of pyridine rings is 1. The van der Waals surface area contributed by atoms with E-state index < -0.39 is 5.56 Å². The molecule has 1 fully saturated rings. The van der Waals surface area contributed by atoms with Crippen molar-refractivity contribution in [3.63, 3.8) is 0 Å². The van der Waals surface area contributed by atoms with Crippen LogP contribution in [0.15, 0.2) is 47.4 Å². The van der Waals surface area contributed by atoms with Crippen LogP contribution in [0.5, 0.6) is 0 Å². The van der Waals surface area contributed by atoms with Gasteiger partial charge in [0.05, 0.1) is 17.3 Å². The maximum atomic E-state index is 13.2. The number of aromatic nitrogens is 3. The van der Waals surface area contributed by atoms with Gasteiger partial charge in [-0.25, -0.2) is 9.97 Å². The summed E-state index contributed by atoms with van der Waals surface area (Å²) in [5.41, 5.74) is 2.92. The summed E-state index contributed by atoms with van der Waals surface area (Å²) < 4.78 is 0. The van der Waals surface area contributed by atoms with Crippen molar-refractivity contribution in [2.75, 3.05) is 11.9 Å². The summed E-state index contributed by atoms with van der Waals surface area (Å²) in [6, 6.07) is 10.5. The second-order valence-corrected chi connectivity index (χ2v) is 8.02. The zero-order valence-corrected chi connectivity index (χ0v) is 18.3. The van der Waals surface area contributed by atoms with E-state index in [1.807, 2.05) is 25.1 Å². The van der Waals surface area contributed by atoms with E-state index in [1.165, 1.54) is 6.20 Å². The number of aryl methyl sites for hydroxylation is 3. The average molecular weight is 431 g/mol. The van der Waals surface area contributed by atoms with Gasteiger partial charge in [-0.15, -0.1) is 0 Å². The molecule has 8 heteroatoms. The van der Waals surface area contributed by atoms with Crippen LogP contribution in [0.3, 0.4) is 0 Å². The lowest BCUT2D eigenvalue weighted by atomic mass is 10.1. The molecule has 1 aliphatic heterocycles. The van der Waals surface area contributed by atoms with Gasteiger partial charge in [-0.3, -0.25) is 14.4 Å². The number of nitrogens with zero attached hydrogens (tertiary/aromatic N) is 3. The lowest BCUT2D eigenvalue weighted by molar-refractivity contribution is 0.0727. The number of carbonyl (C=O) groups excluding carboxylic acids is 2. The molecule has 1 saturated heterocycles. The molecule has 0 aliphatic carbocycles. The number of para-hydroxylation sites is 1. The van der Waals surface area contributed by atoms with Crippen LogP contribution in [0, 0.1) is 20.8 Å². The van der Waals surface area contributed by atoms with E-state index in [9.17, 15) is 14.4 Å². The third-order valence-electron chi connectivity index (χ3n) is 5.81. The smallest absolute Gasteiger partial charge is 0.261 e. The maximum absolute atomic E-state index is 13.2. The van der Waals surface area contributed by atoms with Gasteiger partial charge in [-0.2, -0.15) is 0 Å². The number of amides is 2. The highest BCUT2D eigenvalue weighted by Crippen LogP contribution is 2.31. The minimum atomic E-state index is -0.395. The fraction of sp³-hybridized carbons (Fsp3) is 0.292. The van der Waals surface area contributed by atoms with Gasteiger partial charge in [-0.1, -0.05) is 18.2 Å². The van der Waals surface area contributed by atoms with E-state index >= 15 is 0 Å². The molecule has 164 valence electrons. The molecule has 4 rings (SSSR count). The summed E-state index contributed by atoms with van der Waals surface area (Å²) in [5.74, 6) is -0.143. The van der Waals surface area contributed by atoms with E-state index in [4.69, 9.17) is 0 Å². The topological polar surface area (TPSA) is 108 Å². The highest BCUT2D eigenvalue weighted by atomic mass is 16.2. The Balaban J connectivity index is 1.57. The highest BCUT2D eigenvalue weighted by molar-refractivity contribution is 6.04. The summed E-state index contributed by atoms with van der Waals surface area (Å²) in [6.45, 7) is 5.93. The molecule has 0 spiro atoms. The van der Waals surface area contributed by atoms with E-state index in [2.05, 4.69) is 20.3 Å². The number of anilines is 1. The van der Waals surface area contributed by atoms with Crippen molar-refractivity contribution in [1.82, 2.24) is 19.9 Å². The predicted octanol–water partition coefficient (Wildman–Crippen LogP) is 3.32. The summed E-state index contributed by atoms with van der Waals surface area (Å²) in [5, 5.41) is 2.83. The van der Waals surface area contributed by atoms with Gasteiger partial charge in [0, 0.05) is 24.1 Å². The van der Waals surface area contributed by atoms with Crippen LogP contribution in [0.2, 0.25) is 0 Å². The number of hydrogen-bond donors (Lipinski definition) is 2. The van der Waals surface area contributed by atoms with Crippen molar-refractivity contribution < 1.29 is 9.59 Å². The van der Waals surface area contributed by atoms with Gasteiger partial charge < -0.3 is 15.2 Å². The number of rotatable bonds is 4. The normalized spacial score (nSPS) is 15.6. The lowest BCUT2D eigenvalue weighted by Crippen LogP contribution is -2.35. The van der Waals surface area contributed by atoms with E-state index in [0.717, 1.165) is 17.7 Å². The number of aromatic amines is 1. The highest BCUT2D eigenvalue weighted by Gasteiger charge is 2.34. The molecular weight excluding hydrogens is 406 g/mol. The van der Waals surface area contributed by atoms with Crippen molar-refractivity contribution in [1.29, 1.82) is 0 Å². The number of likely N-dealkylation sites (tertiary alicyclic amines) is 1. The van der Waals surface area contributed by atoms with Crippen LogP contribution in [-0.2, 0) is 0 Å². The Labute approximate surface area is 185 Å². The standard InChI is InChI=1S/C24H25N5O3/c1-14-12-18(22(30)27-15(14)2)24(32)29-11-7-10-20(29)21-25-13-19(16(3)26-21)23(31)28-17-8-5-4-6-9-17/h4-6,8-9,12-13,20H,7,10-11H2,1-3H3,(H,27,30)(H,28,31)/t20-/m0/s1. The van der Waals surface area contributed by atoms with Gasteiger partial charge in [0.15, 0.2) is 5.82 Å². The lowest BCUT2D eigenvalue weighted by Gasteiger charge is -2.24. The van der Waals surface area contributed by atoms with Gasteiger partial charge in [0.1, 0.15) is 5.56 Å². The molecular formula is C24H25N5O3. The molecule has 8 nitrogen and oxygen atoms in total. The molecule has 2 amide bonds.